The number of piperidine rings is 1. The third kappa shape index (κ3) is 4.88. The Morgan fingerprint density at radius 1 is 1.52 bits per heavy atom. The Labute approximate surface area is 140 Å². The fraction of sp³-hybridized carbons (Fsp3) is 0.571. The van der Waals surface area contributed by atoms with Crippen molar-refractivity contribution >= 4 is 32.6 Å². The number of hydrogen-bond donors (Lipinski definition) is 2. The second-order valence-corrected chi connectivity index (χ2v) is 8.87. The van der Waals surface area contributed by atoms with E-state index < -0.39 is 10.0 Å². The van der Waals surface area contributed by atoms with Crippen LogP contribution >= 0.6 is 22.6 Å². The zero-order valence-electron chi connectivity index (χ0n) is 12.1. The van der Waals surface area contributed by atoms with Gasteiger partial charge in [-0.1, -0.05) is 12.1 Å². The number of hydrazine groups is 1. The first kappa shape index (κ1) is 17.1. The van der Waals surface area contributed by atoms with Gasteiger partial charge in [0.1, 0.15) is 0 Å². The van der Waals surface area contributed by atoms with Gasteiger partial charge in [-0.05, 0) is 65.5 Å². The lowest BCUT2D eigenvalue weighted by Crippen LogP contribution is -2.41. The number of sulfonamides is 1. The zero-order chi connectivity index (χ0) is 15.5. The van der Waals surface area contributed by atoms with Gasteiger partial charge in [-0.25, -0.2) is 12.7 Å². The number of nitrogens with zero attached hydrogens (tertiary/aromatic N) is 1. The second kappa shape index (κ2) is 7.36. The Kier molecular flexibility index (Phi) is 6.01. The highest BCUT2D eigenvalue weighted by atomic mass is 127. The molecular weight excluding hydrogens is 401 g/mol. The Bertz CT molecular complexity index is 579. The lowest BCUT2D eigenvalue weighted by molar-refractivity contribution is 0.238. The first-order valence-electron chi connectivity index (χ1n) is 7.07. The lowest BCUT2D eigenvalue weighted by atomic mass is 9.90. The van der Waals surface area contributed by atoms with Crippen LogP contribution in [0.2, 0.25) is 0 Å². The van der Waals surface area contributed by atoms with Gasteiger partial charge < -0.3 is 0 Å². The molecule has 1 saturated heterocycles. The minimum absolute atomic E-state index is 0.0595. The molecule has 0 saturated carbocycles. The molecule has 5 nitrogen and oxygen atoms in total. The van der Waals surface area contributed by atoms with Crippen molar-refractivity contribution in [1.82, 2.24) is 9.73 Å². The first-order chi connectivity index (χ1) is 9.90. The van der Waals surface area contributed by atoms with Crippen LogP contribution in [0.25, 0.3) is 0 Å². The largest absolute Gasteiger partial charge is 0.271 e. The molecule has 1 aliphatic heterocycles. The van der Waals surface area contributed by atoms with E-state index in [9.17, 15) is 8.42 Å². The molecule has 3 N–H and O–H groups in total. The van der Waals surface area contributed by atoms with Gasteiger partial charge in [0.15, 0.2) is 0 Å². The average molecular weight is 423 g/mol. The Morgan fingerprint density at radius 3 is 2.90 bits per heavy atom. The van der Waals surface area contributed by atoms with E-state index in [1.165, 1.54) is 9.83 Å². The molecule has 7 heteroatoms. The van der Waals surface area contributed by atoms with Crippen LogP contribution in [-0.2, 0) is 10.0 Å². The number of halogens is 1. The first-order valence-corrected chi connectivity index (χ1v) is 9.99. The Hall–Kier alpha value is -0.220. The van der Waals surface area contributed by atoms with Gasteiger partial charge in [0, 0.05) is 22.7 Å². The van der Waals surface area contributed by atoms with E-state index in [2.05, 4.69) is 40.1 Å². The van der Waals surface area contributed by atoms with E-state index in [0.717, 1.165) is 24.8 Å². The van der Waals surface area contributed by atoms with Gasteiger partial charge in [-0.2, -0.15) is 0 Å². The number of hydrogen-bond acceptors (Lipinski definition) is 4. The van der Waals surface area contributed by atoms with Crippen molar-refractivity contribution < 1.29 is 8.42 Å². The molecule has 0 bridgehead atoms. The molecule has 21 heavy (non-hydrogen) atoms. The third-order valence-corrected chi connectivity index (χ3v) is 5.91. The van der Waals surface area contributed by atoms with E-state index in [1.54, 1.807) is 4.31 Å². The van der Waals surface area contributed by atoms with Crippen molar-refractivity contribution in [2.75, 3.05) is 19.3 Å². The van der Waals surface area contributed by atoms with Crippen molar-refractivity contribution in [2.24, 2.45) is 11.8 Å². The summed E-state index contributed by atoms with van der Waals surface area (Å²) in [5, 5.41) is 0. The number of nitrogens with two attached hydrogens (primary N) is 1. The number of benzene rings is 1. The van der Waals surface area contributed by atoms with Crippen LogP contribution in [0.4, 0.5) is 0 Å². The highest BCUT2D eigenvalue weighted by Gasteiger charge is 2.27. The molecule has 0 amide bonds. The quantitative estimate of drug-likeness (QED) is 0.431. The van der Waals surface area contributed by atoms with E-state index in [1.807, 2.05) is 12.1 Å². The molecule has 1 aliphatic rings. The fourth-order valence-electron chi connectivity index (χ4n) is 2.88. The van der Waals surface area contributed by atoms with Crippen molar-refractivity contribution in [2.45, 2.75) is 25.3 Å². The third-order valence-electron chi connectivity index (χ3n) is 3.97. The normalized spacial score (nSPS) is 22.1. The highest BCUT2D eigenvalue weighted by molar-refractivity contribution is 14.1. The Morgan fingerprint density at radius 2 is 2.29 bits per heavy atom. The molecule has 2 atom stereocenters. The van der Waals surface area contributed by atoms with Crippen LogP contribution in [0.1, 0.15) is 30.9 Å². The van der Waals surface area contributed by atoms with Crippen molar-refractivity contribution in [3.63, 3.8) is 0 Å². The molecular formula is C14H22IN3O2S. The van der Waals surface area contributed by atoms with Crippen molar-refractivity contribution in [3.05, 3.63) is 33.4 Å². The van der Waals surface area contributed by atoms with Crippen LogP contribution in [0.15, 0.2) is 24.3 Å². The SMILES string of the molecule is CS(=O)(=O)N1CCCC(CC(NN)c2cccc(I)c2)C1. The summed E-state index contributed by atoms with van der Waals surface area (Å²) in [6.07, 6.45) is 4.10. The molecule has 0 spiro atoms. The molecule has 1 fully saturated rings. The Balaban J connectivity index is 2.05. The van der Waals surface area contributed by atoms with Gasteiger partial charge in [0.05, 0.1) is 6.26 Å². The summed E-state index contributed by atoms with van der Waals surface area (Å²) in [6.45, 7) is 1.24. The summed E-state index contributed by atoms with van der Waals surface area (Å²) in [5.41, 5.74) is 4.03. The molecule has 1 heterocycles. The molecule has 0 aliphatic carbocycles. The van der Waals surface area contributed by atoms with Gasteiger partial charge >= 0.3 is 0 Å². The minimum Gasteiger partial charge on any atom is -0.271 e. The summed E-state index contributed by atoms with van der Waals surface area (Å²) < 4.78 is 26.1. The second-order valence-electron chi connectivity index (χ2n) is 5.64. The number of rotatable bonds is 5. The maximum Gasteiger partial charge on any atom is 0.211 e. The molecule has 1 aromatic rings. The van der Waals surface area contributed by atoms with Crippen LogP contribution in [0, 0.1) is 9.49 Å². The molecule has 2 unspecified atom stereocenters. The van der Waals surface area contributed by atoms with Crippen LogP contribution < -0.4 is 11.3 Å². The van der Waals surface area contributed by atoms with Crippen LogP contribution in [-0.4, -0.2) is 32.1 Å². The minimum atomic E-state index is -3.09. The predicted molar refractivity (Wildman–Crippen MR) is 93.0 cm³/mol. The van der Waals surface area contributed by atoms with Crippen molar-refractivity contribution in [3.8, 4) is 0 Å². The van der Waals surface area contributed by atoms with Crippen LogP contribution in [0.3, 0.4) is 0 Å². The lowest BCUT2D eigenvalue weighted by Gasteiger charge is -2.33. The van der Waals surface area contributed by atoms with Gasteiger partial charge in [-0.15, -0.1) is 0 Å². The highest BCUT2D eigenvalue weighted by Crippen LogP contribution is 2.28. The summed E-state index contributed by atoms with van der Waals surface area (Å²) >= 11 is 2.28. The van der Waals surface area contributed by atoms with E-state index in [4.69, 9.17) is 5.84 Å². The summed E-state index contributed by atoms with van der Waals surface area (Å²) in [6, 6.07) is 8.30. The maximum atomic E-state index is 11.7. The monoisotopic (exact) mass is 423 g/mol. The summed E-state index contributed by atoms with van der Waals surface area (Å²) in [5.74, 6) is 6.05. The van der Waals surface area contributed by atoms with Gasteiger partial charge in [0.2, 0.25) is 10.0 Å². The maximum absolute atomic E-state index is 11.7. The predicted octanol–water partition coefficient (Wildman–Crippen LogP) is 1.86. The fourth-order valence-corrected chi connectivity index (χ4v) is 4.39. The van der Waals surface area contributed by atoms with Crippen molar-refractivity contribution in [1.29, 1.82) is 0 Å². The zero-order valence-corrected chi connectivity index (χ0v) is 15.1. The van der Waals surface area contributed by atoms with E-state index in [0.29, 0.717) is 19.0 Å². The smallest absolute Gasteiger partial charge is 0.211 e. The molecule has 1 aromatic carbocycles. The van der Waals surface area contributed by atoms with Gasteiger partial charge in [-0.3, -0.25) is 11.3 Å². The van der Waals surface area contributed by atoms with Crippen LogP contribution in [0.5, 0.6) is 0 Å². The molecule has 0 radical (unpaired) electrons. The van der Waals surface area contributed by atoms with E-state index in [-0.39, 0.29) is 6.04 Å². The van der Waals surface area contributed by atoms with E-state index >= 15 is 0 Å². The summed E-state index contributed by atoms with van der Waals surface area (Å²) in [7, 11) is -3.09. The average Bonchev–Trinajstić information content (AvgIpc) is 2.44. The standard InChI is InChI=1S/C14H22IN3O2S/c1-21(19,20)18-7-3-4-11(10-18)8-14(17-16)12-5-2-6-13(15)9-12/h2,5-6,9,11,14,17H,3-4,7-8,10,16H2,1H3. The topological polar surface area (TPSA) is 75.4 Å². The summed E-state index contributed by atoms with van der Waals surface area (Å²) in [4.78, 5) is 0. The number of nitrogens with one attached hydrogen (secondary N) is 1. The molecule has 2 rings (SSSR count). The molecule has 0 aromatic heterocycles. The molecule has 118 valence electrons. The van der Waals surface area contributed by atoms with Gasteiger partial charge in [0.25, 0.3) is 0 Å².